The number of aryl methyl sites for hydroxylation is 2. The topological polar surface area (TPSA) is 64.9 Å². The van der Waals surface area contributed by atoms with Gasteiger partial charge in [-0.1, -0.05) is 47.1 Å². The molecule has 2 N–H and O–H groups in total. The summed E-state index contributed by atoms with van der Waals surface area (Å²) >= 11 is 6.14. The number of benzene rings is 2. The largest absolute Gasteiger partial charge is 0.399 e. The molecule has 0 fully saturated rings. The fourth-order valence-corrected chi connectivity index (χ4v) is 2.34. The molecule has 0 aliphatic carbocycles. The van der Waals surface area contributed by atoms with Crippen LogP contribution in [0, 0.1) is 0 Å². The summed E-state index contributed by atoms with van der Waals surface area (Å²) in [6.45, 7) is 0. The van der Waals surface area contributed by atoms with Crippen molar-refractivity contribution in [2.75, 3.05) is 5.73 Å². The maximum absolute atomic E-state index is 6.14. The van der Waals surface area contributed by atoms with Gasteiger partial charge in [0, 0.05) is 12.1 Å². The molecule has 4 nitrogen and oxygen atoms in total. The highest BCUT2D eigenvalue weighted by atomic mass is 35.5. The molecule has 0 atom stereocenters. The maximum atomic E-state index is 6.14. The number of rotatable bonds is 4. The molecule has 3 aromatic rings. The van der Waals surface area contributed by atoms with Gasteiger partial charge in [-0.25, -0.2) is 0 Å². The third-order valence-electron chi connectivity index (χ3n) is 3.17. The molecule has 0 aliphatic rings. The van der Waals surface area contributed by atoms with Gasteiger partial charge in [-0.05, 0) is 30.2 Å². The first-order chi connectivity index (χ1) is 10.2. The Bertz CT molecular complexity index is 740. The Morgan fingerprint density at radius 3 is 2.62 bits per heavy atom. The van der Waals surface area contributed by atoms with Crippen molar-refractivity contribution in [1.29, 1.82) is 0 Å². The summed E-state index contributed by atoms with van der Waals surface area (Å²) in [5.74, 6) is 1.09. The van der Waals surface area contributed by atoms with Crippen LogP contribution in [0.2, 0.25) is 5.02 Å². The molecule has 106 valence electrons. The van der Waals surface area contributed by atoms with Gasteiger partial charge < -0.3 is 10.3 Å². The molecule has 0 radical (unpaired) electrons. The first-order valence-corrected chi connectivity index (χ1v) is 7.02. The van der Waals surface area contributed by atoms with Gasteiger partial charge in [0.25, 0.3) is 5.89 Å². The molecule has 5 heteroatoms. The van der Waals surface area contributed by atoms with Gasteiger partial charge in [0.05, 0.1) is 10.6 Å². The lowest BCUT2D eigenvalue weighted by molar-refractivity contribution is 0.422. The van der Waals surface area contributed by atoms with E-state index < -0.39 is 0 Å². The Hall–Kier alpha value is -2.33. The number of nitrogen functional groups attached to an aromatic ring is 1. The van der Waals surface area contributed by atoms with E-state index in [4.69, 9.17) is 21.9 Å². The van der Waals surface area contributed by atoms with Crippen LogP contribution >= 0.6 is 11.6 Å². The summed E-state index contributed by atoms with van der Waals surface area (Å²) in [5.41, 5.74) is 8.22. The van der Waals surface area contributed by atoms with Crippen molar-refractivity contribution >= 4 is 17.3 Å². The summed E-state index contributed by atoms with van der Waals surface area (Å²) < 4.78 is 5.27. The van der Waals surface area contributed by atoms with Crippen LogP contribution in [0.15, 0.2) is 53.1 Å². The van der Waals surface area contributed by atoms with Gasteiger partial charge in [-0.15, -0.1) is 0 Å². The second kappa shape index (κ2) is 5.97. The van der Waals surface area contributed by atoms with Crippen molar-refractivity contribution in [3.05, 3.63) is 64.9 Å². The first-order valence-electron chi connectivity index (χ1n) is 6.64. The number of hydrogen-bond acceptors (Lipinski definition) is 4. The van der Waals surface area contributed by atoms with Crippen molar-refractivity contribution < 1.29 is 4.52 Å². The maximum Gasteiger partial charge on any atom is 0.259 e. The van der Waals surface area contributed by atoms with E-state index in [1.807, 2.05) is 18.2 Å². The molecule has 21 heavy (non-hydrogen) atoms. The highest BCUT2D eigenvalue weighted by molar-refractivity contribution is 6.33. The third kappa shape index (κ3) is 3.23. The van der Waals surface area contributed by atoms with Gasteiger partial charge in [-0.2, -0.15) is 4.98 Å². The van der Waals surface area contributed by atoms with Crippen molar-refractivity contribution in [2.45, 2.75) is 12.8 Å². The van der Waals surface area contributed by atoms with Crippen LogP contribution in [-0.2, 0) is 12.8 Å². The molecule has 0 aliphatic heterocycles. The molecule has 2 aromatic carbocycles. The fraction of sp³-hybridized carbons (Fsp3) is 0.125. The monoisotopic (exact) mass is 299 g/mol. The van der Waals surface area contributed by atoms with Crippen LogP contribution in [0.4, 0.5) is 5.69 Å². The van der Waals surface area contributed by atoms with Crippen molar-refractivity contribution in [2.24, 2.45) is 0 Å². The van der Waals surface area contributed by atoms with Gasteiger partial charge in [0.15, 0.2) is 5.82 Å². The van der Waals surface area contributed by atoms with Gasteiger partial charge in [0.1, 0.15) is 0 Å². The lowest BCUT2D eigenvalue weighted by Crippen LogP contribution is -1.93. The number of halogens is 1. The van der Waals surface area contributed by atoms with Gasteiger partial charge in [0.2, 0.25) is 0 Å². The zero-order valence-corrected chi connectivity index (χ0v) is 12.0. The van der Waals surface area contributed by atoms with Crippen LogP contribution in [0.25, 0.3) is 11.5 Å². The summed E-state index contributed by atoms with van der Waals surface area (Å²) in [5, 5.41) is 4.50. The predicted octanol–water partition coefficient (Wildman–Crippen LogP) is 3.76. The minimum Gasteiger partial charge on any atom is -0.399 e. The number of nitrogens with zero attached hydrogens (tertiary/aromatic N) is 2. The van der Waals surface area contributed by atoms with Crippen LogP contribution < -0.4 is 5.73 Å². The average Bonchev–Trinajstić information content (AvgIpc) is 2.95. The second-order valence-electron chi connectivity index (χ2n) is 4.74. The quantitative estimate of drug-likeness (QED) is 0.745. The van der Waals surface area contributed by atoms with Gasteiger partial charge >= 0.3 is 0 Å². The lowest BCUT2D eigenvalue weighted by Gasteiger charge is -1.99. The van der Waals surface area contributed by atoms with E-state index >= 15 is 0 Å². The van der Waals surface area contributed by atoms with E-state index in [9.17, 15) is 0 Å². The molecule has 0 bridgehead atoms. The normalized spacial score (nSPS) is 10.7. The molecular weight excluding hydrogens is 286 g/mol. The van der Waals surface area contributed by atoms with E-state index in [1.54, 1.807) is 18.2 Å². The highest BCUT2D eigenvalue weighted by Gasteiger charge is 2.12. The lowest BCUT2D eigenvalue weighted by atomic mass is 10.1. The Morgan fingerprint density at radius 2 is 1.86 bits per heavy atom. The summed E-state index contributed by atoms with van der Waals surface area (Å²) in [4.78, 5) is 4.38. The van der Waals surface area contributed by atoms with E-state index in [-0.39, 0.29) is 0 Å². The summed E-state index contributed by atoms with van der Waals surface area (Å²) in [6.07, 6.45) is 1.59. The Kier molecular flexibility index (Phi) is 3.88. The summed E-state index contributed by atoms with van der Waals surface area (Å²) in [7, 11) is 0. The Labute approximate surface area is 127 Å². The average molecular weight is 300 g/mol. The number of nitrogens with two attached hydrogens (primary N) is 1. The fourth-order valence-electron chi connectivity index (χ4n) is 2.07. The second-order valence-corrected chi connectivity index (χ2v) is 5.15. The van der Waals surface area contributed by atoms with Crippen molar-refractivity contribution in [3.63, 3.8) is 0 Å². The zero-order valence-electron chi connectivity index (χ0n) is 11.3. The van der Waals surface area contributed by atoms with Gasteiger partial charge in [-0.3, -0.25) is 0 Å². The van der Waals surface area contributed by atoms with Crippen molar-refractivity contribution in [3.8, 4) is 11.5 Å². The van der Waals surface area contributed by atoms with E-state index in [0.29, 0.717) is 28.0 Å². The standard InChI is InChI=1S/C16H14ClN3O/c17-14-10-12(18)7-8-13(14)16-19-15(20-21-16)9-6-11-4-2-1-3-5-11/h1-5,7-8,10H,6,9,18H2. The molecule has 3 rings (SSSR count). The van der Waals surface area contributed by atoms with Crippen LogP contribution in [0.5, 0.6) is 0 Å². The Balaban J connectivity index is 1.74. The number of hydrogen-bond donors (Lipinski definition) is 1. The van der Waals surface area contributed by atoms with E-state index in [2.05, 4.69) is 22.3 Å². The molecule has 0 saturated carbocycles. The number of anilines is 1. The molecule has 1 aromatic heterocycles. The highest BCUT2D eigenvalue weighted by Crippen LogP contribution is 2.28. The van der Waals surface area contributed by atoms with E-state index in [0.717, 1.165) is 12.8 Å². The molecular formula is C16H14ClN3O. The molecule has 0 amide bonds. The number of aromatic nitrogens is 2. The summed E-state index contributed by atoms with van der Waals surface area (Å²) in [6, 6.07) is 15.4. The van der Waals surface area contributed by atoms with E-state index in [1.165, 1.54) is 5.56 Å². The van der Waals surface area contributed by atoms with Crippen LogP contribution in [-0.4, -0.2) is 10.1 Å². The zero-order chi connectivity index (χ0) is 14.7. The SMILES string of the molecule is Nc1ccc(-c2nc(CCc3ccccc3)no2)c(Cl)c1. The Morgan fingerprint density at radius 1 is 1.05 bits per heavy atom. The molecule has 0 spiro atoms. The van der Waals surface area contributed by atoms with Crippen LogP contribution in [0.3, 0.4) is 0 Å². The van der Waals surface area contributed by atoms with Crippen molar-refractivity contribution in [1.82, 2.24) is 10.1 Å². The predicted molar refractivity (Wildman–Crippen MR) is 83.0 cm³/mol. The minimum absolute atomic E-state index is 0.420. The first kappa shape index (κ1) is 13.6. The molecule has 0 unspecified atom stereocenters. The molecule has 1 heterocycles. The third-order valence-corrected chi connectivity index (χ3v) is 3.48. The smallest absolute Gasteiger partial charge is 0.259 e. The molecule has 0 saturated heterocycles. The minimum atomic E-state index is 0.420. The van der Waals surface area contributed by atoms with Crippen LogP contribution in [0.1, 0.15) is 11.4 Å².